The van der Waals surface area contributed by atoms with E-state index in [0.717, 1.165) is 16.2 Å². The largest absolute Gasteiger partial charge is 0.477 e. The highest BCUT2D eigenvalue weighted by Crippen LogP contribution is 2.40. The van der Waals surface area contributed by atoms with Gasteiger partial charge in [-0.1, -0.05) is 5.16 Å². The van der Waals surface area contributed by atoms with E-state index in [0.29, 0.717) is 12.0 Å². The number of aliphatic carboxylic acids is 1. The lowest BCUT2D eigenvalue weighted by atomic mass is 10.0. The van der Waals surface area contributed by atoms with Gasteiger partial charge in [-0.2, -0.15) is 0 Å². The molecule has 1 saturated heterocycles. The number of rotatable bonds is 10. The number of ether oxygens (including phenoxy) is 1. The van der Waals surface area contributed by atoms with Crippen LogP contribution < -0.4 is 10.6 Å². The number of thiazole rings is 1. The van der Waals surface area contributed by atoms with Crippen LogP contribution in [0, 0.1) is 0 Å². The molecule has 0 saturated carbocycles. The molecule has 1 unspecified atom stereocenters. The van der Waals surface area contributed by atoms with Gasteiger partial charge >= 0.3 is 11.9 Å². The SMILES string of the molecule is CC(C)(C)OC(=O)CO/N=C(\C(=O)NC1C(=O)N2C(C(=O)O)=C(CCl)CS[C@H]12)c1csc(NC=O)n1. The third kappa shape index (κ3) is 6.14. The van der Waals surface area contributed by atoms with Crippen molar-refractivity contribution in [2.75, 3.05) is 23.6 Å². The molecule has 0 radical (unpaired) electrons. The number of oxime groups is 1. The number of thioether (sulfide) groups is 1. The Labute approximate surface area is 218 Å². The van der Waals surface area contributed by atoms with Gasteiger partial charge < -0.3 is 25.3 Å². The number of hydrogen-bond acceptors (Lipinski definition) is 11. The summed E-state index contributed by atoms with van der Waals surface area (Å²) in [6.45, 7) is 4.42. The van der Waals surface area contributed by atoms with Crippen molar-refractivity contribution in [2.24, 2.45) is 5.16 Å². The molecule has 0 spiro atoms. The number of nitrogens with zero attached hydrogens (tertiary/aromatic N) is 3. The Kier molecular flexibility index (Phi) is 8.58. The molecule has 1 aromatic heterocycles. The van der Waals surface area contributed by atoms with Crippen LogP contribution in [-0.2, 0) is 33.5 Å². The van der Waals surface area contributed by atoms with Crippen molar-refractivity contribution in [1.82, 2.24) is 15.2 Å². The highest BCUT2D eigenvalue weighted by molar-refractivity contribution is 8.00. The van der Waals surface area contributed by atoms with Crippen LogP contribution in [0.4, 0.5) is 5.13 Å². The van der Waals surface area contributed by atoms with E-state index in [1.807, 2.05) is 0 Å². The van der Waals surface area contributed by atoms with E-state index in [4.69, 9.17) is 21.2 Å². The number of carbonyl (C=O) groups is 5. The maximum atomic E-state index is 13.1. The molecule has 1 fully saturated rings. The number of amides is 3. The first-order chi connectivity index (χ1) is 17.0. The van der Waals surface area contributed by atoms with Gasteiger partial charge in [0.1, 0.15) is 28.4 Å². The molecule has 2 atom stereocenters. The molecule has 16 heteroatoms. The standard InChI is InChI=1S/C20H22ClN5O8S2/c1-20(2,3)34-11(28)5-33-25-12(10-7-36-19(23-10)22-8-27)15(29)24-13-16(30)26-14(18(31)32)9(4-21)6-35-17(13)26/h7-8,13,17H,4-6H2,1-3H3,(H,24,29)(H,31,32)(H,22,23,27)/b25-12-/t13?,17-/m1/s1. The Balaban J connectivity index is 1.78. The van der Waals surface area contributed by atoms with Crippen LogP contribution in [0.3, 0.4) is 0 Å². The monoisotopic (exact) mass is 559 g/mol. The zero-order valence-electron chi connectivity index (χ0n) is 19.3. The van der Waals surface area contributed by atoms with Crippen molar-refractivity contribution >= 4 is 75.7 Å². The lowest BCUT2D eigenvalue weighted by Gasteiger charge is -2.49. The van der Waals surface area contributed by atoms with Crippen LogP contribution in [0.1, 0.15) is 26.5 Å². The summed E-state index contributed by atoms with van der Waals surface area (Å²) in [6.07, 6.45) is 0.406. The third-order valence-electron chi connectivity index (χ3n) is 4.60. The minimum atomic E-state index is -1.29. The van der Waals surface area contributed by atoms with E-state index >= 15 is 0 Å². The first kappa shape index (κ1) is 27.4. The summed E-state index contributed by atoms with van der Waals surface area (Å²) in [4.78, 5) is 70.3. The van der Waals surface area contributed by atoms with Crippen LogP contribution in [-0.4, -0.2) is 86.1 Å². The van der Waals surface area contributed by atoms with Crippen LogP contribution in [0.15, 0.2) is 21.8 Å². The van der Waals surface area contributed by atoms with E-state index in [1.54, 1.807) is 20.8 Å². The van der Waals surface area contributed by atoms with Gasteiger partial charge in [-0.25, -0.2) is 14.6 Å². The normalized spacial score (nSPS) is 19.7. The zero-order valence-corrected chi connectivity index (χ0v) is 21.7. The second-order valence-corrected chi connectivity index (χ2v) is 10.6. The van der Waals surface area contributed by atoms with E-state index in [9.17, 15) is 29.1 Å². The van der Waals surface area contributed by atoms with Gasteiger partial charge in [0, 0.05) is 17.0 Å². The average molecular weight is 560 g/mol. The lowest BCUT2D eigenvalue weighted by molar-refractivity contribution is -0.160. The van der Waals surface area contributed by atoms with Crippen molar-refractivity contribution in [1.29, 1.82) is 0 Å². The second-order valence-electron chi connectivity index (χ2n) is 8.35. The molecule has 194 valence electrons. The minimum absolute atomic E-state index is 0.0153. The first-order valence-corrected chi connectivity index (χ1v) is 12.8. The van der Waals surface area contributed by atoms with Crippen molar-refractivity contribution in [3.63, 3.8) is 0 Å². The predicted octanol–water partition coefficient (Wildman–Crippen LogP) is 0.751. The van der Waals surface area contributed by atoms with E-state index in [1.165, 1.54) is 17.1 Å². The summed E-state index contributed by atoms with van der Waals surface area (Å²) in [5.74, 6) is -3.27. The summed E-state index contributed by atoms with van der Waals surface area (Å²) in [6, 6.07) is -1.05. The van der Waals surface area contributed by atoms with Crippen LogP contribution in [0.5, 0.6) is 0 Å². The molecular formula is C20H22ClN5O8S2. The highest BCUT2D eigenvalue weighted by atomic mass is 35.5. The molecule has 0 aliphatic carbocycles. The Morgan fingerprint density at radius 2 is 2.11 bits per heavy atom. The Bertz CT molecular complexity index is 1150. The smallest absolute Gasteiger partial charge is 0.352 e. The number of alkyl halides is 1. The number of halogens is 1. The summed E-state index contributed by atoms with van der Waals surface area (Å²) in [5, 5.41) is 19.0. The molecule has 0 aromatic carbocycles. The number of β-lactam (4-membered cyclic amide) rings is 1. The molecule has 13 nitrogen and oxygen atoms in total. The Hall–Kier alpha value is -3.17. The molecule has 3 amide bonds. The summed E-state index contributed by atoms with van der Waals surface area (Å²) < 4.78 is 5.12. The average Bonchev–Trinajstić information content (AvgIpc) is 3.26. The van der Waals surface area contributed by atoms with Gasteiger partial charge in [0.15, 0.2) is 10.8 Å². The van der Waals surface area contributed by atoms with Crippen molar-refractivity contribution in [2.45, 2.75) is 37.8 Å². The number of carboxylic acid groups (broad SMARTS) is 1. The molecule has 3 heterocycles. The Morgan fingerprint density at radius 3 is 2.72 bits per heavy atom. The fourth-order valence-electron chi connectivity index (χ4n) is 3.22. The van der Waals surface area contributed by atoms with Gasteiger partial charge in [-0.15, -0.1) is 34.7 Å². The van der Waals surface area contributed by atoms with E-state index < -0.39 is 47.4 Å². The zero-order chi connectivity index (χ0) is 26.6. The number of anilines is 1. The fourth-order valence-corrected chi connectivity index (χ4v) is 5.55. The van der Waals surface area contributed by atoms with Gasteiger partial charge in [0.05, 0.1) is 0 Å². The maximum Gasteiger partial charge on any atom is 0.352 e. The predicted molar refractivity (Wildman–Crippen MR) is 131 cm³/mol. The van der Waals surface area contributed by atoms with Crippen molar-refractivity contribution in [3.8, 4) is 0 Å². The van der Waals surface area contributed by atoms with Crippen molar-refractivity contribution in [3.05, 3.63) is 22.3 Å². The fraction of sp³-hybridized carbons (Fsp3) is 0.450. The number of hydrogen-bond donors (Lipinski definition) is 3. The summed E-state index contributed by atoms with van der Waals surface area (Å²) >= 11 is 8.09. The van der Waals surface area contributed by atoms with Crippen LogP contribution >= 0.6 is 34.7 Å². The molecule has 0 bridgehead atoms. The molecule has 2 aliphatic rings. The maximum absolute atomic E-state index is 13.1. The number of aromatic nitrogens is 1. The number of fused-ring (bicyclic) bond motifs is 1. The van der Waals surface area contributed by atoms with Crippen LogP contribution in [0.25, 0.3) is 0 Å². The van der Waals surface area contributed by atoms with E-state index in [2.05, 4.69) is 20.8 Å². The van der Waals surface area contributed by atoms with Gasteiger partial charge in [-0.3, -0.25) is 19.3 Å². The number of carbonyl (C=O) groups excluding carboxylic acids is 4. The molecule has 36 heavy (non-hydrogen) atoms. The number of carboxylic acids is 1. The summed E-state index contributed by atoms with van der Waals surface area (Å²) in [7, 11) is 0. The molecule has 3 N–H and O–H groups in total. The number of esters is 1. The molecule has 3 rings (SSSR count). The van der Waals surface area contributed by atoms with Gasteiger partial charge in [-0.05, 0) is 26.3 Å². The number of nitrogens with one attached hydrogen (secondary N) is 2. The quantitative estimate of drug-likeness (QED) is 0.0925. The molecular weight excluding hydrogens is 538 g/mol. The molecule has 2 aliphatic heterocycles. The van der Waals surface area contributed by atoms with E-state index in [-0.39, 0.29) is 33.9 Å². The molecule has 1 aromatic rings. The highest BCUT2D eigenvalue weighted by Gasteiger charge is 2.54. The van der Waals surface area contributed by atoms with Gasteiger partial charge in [0.25, 0.3) is 11.8 Å². The summed E-state index contributed by atoms with van der Waals surface area (Å²) in [5.41, 5.74) is -0.894. The minimum Gasteiger partial charge on any atom is -0.477 e. The third-order valence-corrected chi connectivity index (χ3v) is 7.04. The lowest BCUT2D eigenvalue weighted by Crippen LogP contribution is -2.71. The second kappa shape index (κ2) is 11.3. The van der Waals surface area contributed by atoms with Gasteiger partial charge in [0.2, 0.25) is 13.0 Å². The van der Waals surface area contributed by atoms with Crippen molar-refractivity contribution < 1.29 is 38.7 Å². The Morgan fingerprint density at radius 1 is 1.39 bits per heavy atom. The topological polar surface area (TPSA) is 177 Å². The van der Waals surface area contributed by atoms with Crippen LogP contribution in [0.2, 0.25) is 0 Å². The first-order valence-electron chi connectivity index (χ1n) is 10.3.